The van der Waals surface area contributed by atoms with Crippen LogP contribution in [0.25, 0.3) is 0 Å². The smallest absolute Gasteiger partial charge is 0.204 e. The fourth-order valence-corrected chi connectivity index (χ4v) is 2.16. The van der Waals surface area contributed by atoms with Gasteiger partial charge < -0.3 is 23.7 Å². The molecule has 0 unspecified atom stereocenters. The highest BCUT2D eigenvalue weighted by molar-refractivity contribution is 5.64. The SMILES string of the molecule is C#CCOCC#CCO[C@@H](C)c1cc(OC)c(OC)c(OC)c1C#C. The molecular weight excluding hydrogens is 320 g/mol. The van der Waals surface area contributed by atoms with E-state index in [1.165, 1.54) is 14.2 Å². The predicted molar refractivity (Wildman–Crippen MR) is 95.8 cm³/mol. The van der Waals surface area contributed by atoms with Gasteiger partial charge in [-0.3, -0.25) is 0 Å². The summed E-state index contributed by atoms with van der Waals surface area (Å²) in [5, 5.41) is 0. The summed E-state index contributed by atoms with van der Waals surface area (Å²) in [5.74, 6) is 12.1. The Kier molecular flexibility index (Phi) is 8.83. The van der Waals surface area contributed by atoms with Crippen molar-refractivity contribution < 1.29 is 23.7 Å². The van der Waals surface area contributed by atoms with E-state index >= 15 is 0 Å². The first-order valence-electron chi connectivity index (χ1n) is 7.52. The van der Waals surface area contributed by atoms with Crippen molar-refractivity contribution in [3.8, 4) is 53.8 Å². The molecule has 1 rings (SSSR count). The molecule has 1 aromatic carbocycles. The summed E-state index contributed by atoms with van der Waals surface area (Å²) in [6.45, 7) is 2.60. The highest BCUT2D eigenvalue weighted by Crippen LogP contribution is 2.43. The molecule has 0 aliphatic rings. The number of ether oxygens (including phenoxy) is 5. The van der Waals surface area contributed by atoms with Crippen LogP contribution in [0, 0.1) is 36.5 Å². The number of terminal acetylenes is 2. The van der Waals surface area contributed by atoms with Gasteiger partial charge >= 0.3 is 0 Å². The zero-order chi connectivity index (χ0) is 18.7. The van der Waals surface area contributed by atoms with E-state index < -0.39 is 0 Å². The first-order valence-corrected chi connectivity index (χ1v) is 7.52. The lowest BCUT2D eigenvalue weighted by molar-refractivity contribution is 0.0917. The molecule has 5 nitrogen and oxygen atoms in total. The monoisotopic (exact) mass is 342 g/mol. The van der Waals surface area contributed by atoms with Crippen LogP contribution in [0.1, 0.15) is 24.2 Å². The lowest BCUT2D eigenvalue weighted by Crippen LogP contribution is -2.07. The third kappa shape index (κ3) is 5.37. The van der Waals surface area contributed by atoms with E-state index in [2.05, 4.69) is 23.7 Å². The molecule has 0 bridgehead atoms. The van der Waals surface area contributed by atoms with Crippen LogP contribution in [-0.2, 0) is 9.47 Å². The van der Waals surface area contributed by atoms with Gasteiger partial charge in [-0.2, -0.15) is 0 Å². The molecule has 0 N–H and O–H groups in total. The largest absolute Gasteiger partial charge is 0.493 e. The van der Waals surface area contributed by atoms with Gasteiger partial charge in [0.05, 0.1) is 33.0 Å². The Bertz CT molecular complexity index is 713. The molecule has 1 atom stereocenters. The molecule has 0 aliphatic heterocycles. The molecule has 0 aromatic heterocycles. The van der Waals surface area contributed by atoms with E-state index in [4.69, 9.17) is 36.5 Å². The van der Waals surface area contributed by atoms with Crippen LogP contribution in [0.2, 0.25) is 0 Å². The number of benzene rings is 1. The quantitative estimate of drug-likeness (QED) is 0.536. The van der Waals surface area contributed by atoms with E-state index in [-0.39, 0.29) is 25.9 Å². The van der Waals surface area contributed by atoms with Gasteiger partial charge in [0, 0.05) is 5.56 Å². The van der Waals surface area contributed by atoms with Crippen LogP contribution >= 0.6 is 0 Å². The van der Waals surface area contributed by atoms with Crippen molar-refractivity contribution in [3.63, 3.8) is 0 Å². The van der Waals surface area contributed by atoms with Gasteiger partial charge in [-0.05, 0) is 13.0 Å². The maximum absolute atomic E-state index is 5.73. The van der Waals surface area contributed by atoms with Crippen LogP contribution in [0.4, 0.5) is 0 Å². The molecule has 1 aromatic rings. The molecule has 0 heterocycles. The van der Waals surface area contributed by atoms with Gasteiger partial charge in [0.2, 0.25) is 5.75 Å². The Labute approximate surface area is 149 Å². The van der Waals surface area contributed by atoms with Crippen molar-refractivity contribution in [2.75, 3.05) is 41.2 Å². The zero-order valence-electron chi connectivity index (χ0n) is 15.0. The van der Waals surface area contributed by atoms with Crippen molar-refractivity contribution in [3.05, 3.63) is 17.2 Å². The fraction of sp³-hybridized carbons (Fsp3) is 0.400. The molecule has 0 saturated carbocycles. The minimum Gasteiger partial charge on any atom is -0.493 e. The van der Waals surface area contributed by atoms with Gasteiger partial charge in [0.25, 0.3) is 0 Å². The van der Waals surface area contributed by atoms with Crippen LogP contribution in [0.5, 0.6) is 17.2 Å². The Morgan fingerprint density at radius 3 is 2.20 bits per heavy atom. The van der Waals surface area contributed by atoms with Gasteiger partial charge in [-0.1, -0.05) is 23.7 Å². The number of hydrogen-bond donors (Lipinski definition) is 0. The van der Waals surface area contributed by atoms with E-state index in [1.807, 2.05) is 6.92 Å². The highest BCUT2D eigenvalue weighted by atomic mass is 16.5. The van der Waals surface area contributed by atoms with Crippen molar-refractivity contribution in [2.24, 2.45) is 0 Å². The summed E-state index contributed by atoms with van der Waals surface area (Å²) >= 11 is 0. The topological polar surface area (TPSA) is 46.2 Å². The number of hydrogen-bond acceptors (Lipinski definition) is 5. The normalized spacial score (nSPS) is 10.6. The molecule has 5 heteroatoms. The summed E-state index contributed by atoms with van der Waals surface area (Å²) in [7, 11) is 4.59. The zero-order valence-corrected chi connectivity index (χ0v) is 15.0. The van der Waals surface area contributed by atoms with Crippen molar-refractivity contribution in [1.29, 1.82) is 0 Å². The van der Waals surface area contributed by atoms with Gasteiger partial charge in [-0.25, -0.2) is 0 Å². The molecule has 0 fully saturated rings. The maximum Gasteiger partial charge on any atom is 0.204 e. The molecule has 0 radical (unpaired) electrons. The lowest BCUT2D eigenvalue weighted by atomic mass is 10.0. The van der Waals surface area contributed by atoms with E-state index in [0.717, 1.165) is 5.56 Å². The van der Waals surface area contributed by atoms with Crippen LogP contribution < -0.4 is 14.2 Å². The van der Waals surface area contributed by atoms with E-state index in [9.17, 15) is 0 Å². The van der Waals surface area contributed by atoms with Crippen LogP contribution in [0.3, 0.4) is 0 Å². The Morgan fingerprint density at radius 2 is 1.64 bits per heavy atom. The second kappa shape index (κ2) is 10.9. The van der Waals surface area contributed by atoms with Crippen molar-refractivity contribution >= 4 is 0 Å². The minimum atomic E-state index is -0.319. The second-order valence-corrected chi connectivity index (χ2v) is 4.76. The third-order valence-corrected chi connectivity index (χ3v) is 3.33. The van der Waals surface area contributed by atoms with Crippen LogP contribution in [-0.4, -0.2) is 41.2 Å². The highest BCUT2D eigenvalue weighted by Gasteiger charge is 2.22. The number of methoxy groups -OCH3 is 3. The van der Waals surface area contributed by atoms with Gasteiger partial charge in [0.15, 0.2) is 11.5 Å². The summed E-state index contributed by atoms with van der Waals surface area (Å²) in [6, 6.07) is 1.78. The average molecular weight is 342 g/mol. The third-order valence-electron chi connectivity index (χ3n) is 3.33. The summed E-state index contributed by atoms with van der Waals surface area (Å²) in [5.41, 5.74) is 1.31. The van der Waals surface area contributed by atoms with Gasteiger partial charge in [0.1, 0.15) is 19.8 Å². The molecule has 0 aliphatic carbocycles. The summed E-state index contributed by atoms with van der Waals surface area (Å²) in [4.78, 5) is 0. The Hall–Kier alpha value is -2.78. The molecule has 25 heavy (non-hydrogen) atoms. The van der Waals surface area contributed by atoms with E-state index in [1.54, 1.807) is 13.2 Å². The molecule has 0 saturated heterocycles. The Balaban J connectivity index is 2.96. The summed E-state index contributed by atoms with van der Waals surface area (Å²) < 4.78 is 26.9. The Morgan fingerprint density at radius 1 is 0.960 bits per heavy atom. The lowest BCUT2D eigenvalue weighted by Gasteiger charge is -2.20. The molecule has 132 valence electrons. The average Bonchev–Trinajstić information content (AvgIpc) is 2.64. The van der Waals surface area contributed by atoms with Crippen molar-refractivity contribution in [2.45, 2.75) is 13.0 Å². The van der Waals surface area contributed by atoms with Crippen LogP contribution in [0.15, 0.2) is 6.07 Å². The maximum atomic E-state index is 5.73. The first-order chi connectivity index (χ1) is 12.1. The molecule has 0 amide bonds. The van der Waals surface area contributed by atoms with Crippen molar-refractivity contribution in [1.82, 2.24) is 0 Å². The standard InChI is InChI=1S/C20H22O5/c1-7-11-24-12-9-10-13-25-15(3)17-14-18(21-4)20(23-6)19(22-5)16(17)8-2/h1-2,14-15H,11-13H2,3-6H3/t15-/m0/s1. The number of rotatable bonds is 8. The second-order valence-electron chi connectivity index (χ2n) is 4.76. The minimum absolute atomic E-state index is 0.223. The fourth-order valence-electron chi connectivity index (χ4n) is 2.16. The van der Waals surface area contributed by atoms with Gasteiger partial charge in [-0.15, -0.1) is 12.8 Å². The summed E-state index contributed by atoms with van der Waals surface area (Å²) in [6.07, 6.45) is 10.4. The predicted octanol–water partition coefficient (Wildman–Crippen LogP) is 2.42. The van der Waals surface area contributed by atoms with E-state index in [0.29, 0.717) is 22.8 Å². The molecule has 0 spiro atoms. The first kappa shape index (κ1) is 20.3. The molecular formula is C20H22O5.